The van der Waals surface area contributed by atoms with E-state index in [1.807, 2.05) is 0 Å². The van der Waals surface area contributed by atoms with Crippen LogP contribution in [-0.4, -0.2) is 23.1 Å². The van der Waals surface area contributed by atoms with E-state index in [-0.39, 0.29) is 0 Å². The van der Waals surface area contributed by atoms with Gasteiger partial charge in [-0.15, -0.1) is 0 Å². The number of rotatable bonds is 6. The Morgan fingerprint density at radius 1 is 1.13 bits per heavy atom. The predicted octanol–water partition coefficient (Wildman–Crippen LogP) is 2.77. The average molecular weight is 229 g/mol. The van der Waals surface area contributed by atoms with E-state index in [1.165, 1.54) is 0 Å². The Balaban J connectivity index is 2.66. The Hall–Kier alpha value is -1.03. The van der Waals surface area contributed by atoms with Crippen molar-refractivity contribution < 1.29 is 0 Å². The fraction of sp³-hybridized carbons (Fsp3) is 0.600. The number of nitrogens with one attached hydrogen (secondary N) is 2. The second kappa shape index (κ2) is 6.45. The van der Waals surface area contributed by atoms with Gasteiger partial charge in [0, 0.05) is 19.2 Å². The smallest absolute Gasteiger partial charge is 0.226 e. The van der Waals surface area contributed by atoms with Gasteiger partial charge in [-0.3, -0.25) is 0 Å². The maximum Gasteiger partial charge on any atom is 0.226 e. The first kappa shape index (κ1) is 12.0. The van der Waals surface area contributed by atoms with Crippen LogP contribution in [0.4, 0.5) is 11.8 Å². The molecule has 0 aliphatic carbocycles. The van der Waals surface area contributed by atoms with Crippen molar-refractivity contribution in [3.63, 3.8) is 0 Å². The van der Waals surface area contributed by atoms with Gasteiger partial charge in [0.2, 0.25) is 5.95 Å². The molecule has 84 valence electrons. The first-order valence-corrected chi connectivity index (χ1v) is 5.66. The van der Waals surface area contributed by atoms with E-state index >= 15 is 0 Å². The molecule has 1 rings (SSSR count). The van der Waals surface area contributed by atoms with Crippen molar-refractivity contribution in [1.29, 1.82) is 0 Å². The Morgan fingerprint density at radius 3 is 2.47 bits per heavy atom. The van der Waals surface area contributed by atoms with E-state index in [2.05, 4.69) is 34.4 Å². The molecule has 5 heteroatoms. The third-order valence-corrected chi connectivity index (χ3v) is 1.98. The summed E-state index contributed by atoms with van der Waals surface area (Å²) in [6.07, 6.45) is 2.09. The molecule has 4 nitrogen and oxygen atoms in total. The quantitative estimate of drug-likeness (QED) is 0.736. The number of nitrogens with zero attached hydrogens (tertiary/aromatic N) is 2. The summed E-state index contributed by atoms with van der Waals surface area (Å²) in [5, 5.41) is 6.74. The second-order valence-corrected chi connectivity index (χ2v) is 3.64. The van der Waals surface area contributed by atoms with Crippen LogP contribution in [-0.2, 0) is 0 Å². The fourth-order valence-corrected chi connectivity index (χ4v) is 1.26. The van der Waals surface area contributed by atoms with E-state index < -0.39 is 0 Å². The first-order chi connectivity index (χ1) is 7.26. The molecule has 1 aromatic heterocycles. The van der Waals surface area contributed by atoms with Gasteiger partial charge in [0.1, 0.15) is 11.0 Å². The molecule has 0 aliphatic heterocycles. The van der Waals surface area contributed by atoms with E-state index in [1.54, 1.807) is 6.07 Å². The summed E-state index contributed by atoms with van der Waals surface area (Å²) in [5.41, 5.74) is 0. The Bertz CT molecular complexity index is 277. The third kappa shape index (κ3) is 4.34. The van der Waals surface area contributed by atoms with Crippen molar-refractivity contribution >= 4 is 23.4 Å². The molecule has 0 fully saturated rings. The highest BCUT2D eigenvalue weighted by Gasteiger charge is 2.01. The molecule has 0 aromatic carbocycles. The van der Waals surface area contributed by atoms with Crippen molar-refractivity contribution in [3.05, 3.63) is 11.2 Å². The van der Waals surface area contributed by atoms with Crippen LogP contribution in [0.5, 0.6) is 0 Å². The van der Waals surface area contributed by atoms with Crippen LogP contribution in [0.15, 0.2) is 6.07 Å². The summed E-state index contributed by atoms with van der Waals surface area (Å²) >= 11 is 5.88. The van der Waals surface area contributed by atoms with Crippen LogP contribution in [0, 0.1) is 0 Å². The summed E-state index contributed by atoms with van der Waals surface area (Å²) in [6, 6.07) is 1.73. The minimum atomic E-state index is 0.460. The molecule has 1 aromatic rings. The van der Waals surface area contributed by atoms with Crippen LogP contribution in [0.25, 0.3) is 0 Å². The molecule has 1 heterocycles. The SMILES string of the molecule is CCCNc1cc(Cl)nc(NCCC)n1. The third-order valence-electron chi connectivity index (χ3n) is 1.78. The van der Waals surface area contributed by atoms with Crippen LogP contribution >= 0.6 is 11.6 Å². The molecule has 0 aliphatic rings. The number of hydrogen-bond donors (Lipinski definition) is 2. The van der Waals surface area contributed by atoms with Gasteiger partial charge in [0.25, 0.3) is 0 Å². The second-order valence-electron chi connectivity index (χ2n) is 3.25. The summed E-state index contributed by atoms with van der Waals surface area (Å²) in [6.45, 7) is 5.94. The van der Waals surface area contributed by atoms with Gasteiger partial charge in [-0.2, -0.15) is 4.98 Å². The summed E-state index contributed by atoms with van der Waals surface area (Å²) in [4.78, 5) is 8.37. The number of hydrogen-bond acceptors (Lipinski definition) is 4. The van der Waals surface area contributed by atoms with Crippen molar-refractivity contribution in [2.24, 2.45) is 0 Å². The number of anilines is 2. The Kier molecular flexibility index (Phi) is 5.18. The number of aromatic nitrogens is 2. The van der Waals surface area contributed by atoms with Crippen molar-refractivity contribution in [3.8, 4) is 0 Å². The lowest BCUT2D eigenvalue weighted by Gasteiger charge is -2.07. The molecule has 0 unspecified atom stereocenters. The molecule has 15 heavy (non-hydrogen) atoms. The molecular weight excluding hydrogens is 212 g/mol. The fourth-order valence-electron chi connectivity index (χ4n) is 1.08. The van der Waals surface area contributed by atoms with Gasteiger partial charge >= 0.3 is 0 Å². The Labute approximate surface area is 95.5 Å². The van der Waals surface area contributed by atoms with Crippen LogP contribution in [0.1, 0.15) is 26.7 Å². The van der Waals surface area contributed by atoms with Gasteiger partial charge in [-0.25, -0.2) is 4.98 Å². The van der Waals surface area contributed by atoms with E-state index in [0.717, 1.165) is 31.7 Å². The molecule has 0 atom stereocenters. The largest absolute Gasteiger partial charge is 0.370 e. The van der Waals surface area contributed by atoms with E-state index in [0.29, 0.717) is 11.1 Å². The maximum atomic E-state index is 5.88. The number of halogens is 1. The van der Waals surface area contributed by atoms with Crippen molar-refractivity contribution in [2.75, 3.05) is 23.7 Å². The summed E-state index contributed by atoms with van der Waals surface area (Å²) < 4.78 is 0. The molecule has 0 spiro atoms. The molecule has 0 saturated carbocycles. The first-order valence-electron chi connectivity index (χ1n) is 5.28. The highest BCUT2D eigenvalue weighted by atomic mass is 35.5. The molecule has 0 bridgehead atoms. The van der Waals surface area contributed by atoms with Gasteiger partial charge in [-0.05, 0) is 12.8 Å². The lowest BCUT2D eigenvalue weighted by Crippen LogP contribution is -2.08. The lowest BCUT2D eigenvalue weighted by molar-refractivity contribution is 0.940. The Morgan fingerprint density at radius 2 is 1.80 bits per heavy atom. The van der Waals surface area contributed by atoms with Gasteiger partial charge in [-0.1, -0.05) is 25.4 Å². The topological polar surface area (TPSA) is 49.8 Å². The molecule has 0 saturated heterocycles. The predicted molar refractivity (Wildman–Crippen MR) is 64.6 cm³/mol. The molecule has 2 N–H and O–H groups in total. The van der Waals surface area contributed by atoms with Gasteiger partial charge in [0.15, 0.2) is 0 Å². The minimum Gasteiger partial charge on any atom is -0.370 e. The van der Waals surface area contributed by atoms with Crippen LogP contribution < -0.4 is 10.6 Å². The standard InChI is InChI=1S/C10H17ClN4/c1-3-5-12-9-7-8(11)14-10(15-9)13-6-4-2/h7H,3-6H2,1-2H3,(H2,12,13,14,15). The van der Waals surface area contributed by atoms with Crippen molar-refractivity contribution in [2.45, 2.75) is 26.7 Å². The zero-order valence-electron chi connectivity index (χ0n) is 9.18. The van der Waals surface area contributed by atoms with E-state index in [4.69, 9.17) is 11.6 Å². The van der Waals surface area contributed by atoms with Crippen LogP contribution in [0.3, 0.4) is 0 Å². The monoisotopic (exact) mass is 228 g/mol. The highest BCUT2D eigenvalue weighted by molar-refractivity contribution is 6.29. The molecule has 0 radical (unpaired) electrons. The summed E-state index contributed by atoms with van der Waals surface area (Å²) in [7, 11) is 0. The normalized spacial score (nSPS) is 10.1. The molecular formula is C10H17ClN4. The van der Waals surface area contributed by atoms with Crippen LogP contribution in [0.2, 0.25) is 5.15 Å². The van der Waals surface area contributed by atoms with Gasteiger partial charge < -0.3 is 10.6 Å². The van der Waals surface area contributed by atoms with Crippen molar-refractivity contribution in [1.82, 2.24) is 9.97 Å². The minimum absolute atomic E-state index is 0.460. The zero-order chi connectivity index (χ0) is 11.1. The summed E-state index contributed by atoms with van der Waals surface area (Å²) in [5.74, 6) is 1.36. The van der Waals surface area contributed by atoms with E-state index in [9.17, 15) is 0 Å². The lowest BCUT2D eigenvalue weighted by atomic mass is 10.4. The zero-order valence-corrected chi connectivity index (χ0v) is 9.93. The highest BCUT2D eigenvalue weighted by Crippen LogP contribution is 2.14. The van der Waals surface area contributed by atoms with Gasteiger partial charge in [0.05, 0.1) is 0 Å². The molecule has 0 amide bonds. The average Bonchev–Trinajstić information content (AvgIpc) is 2.23. The maximum absolute atomic E-state index is 5.88.